The minimum Gasteiger partial charge on any atom is -0.507 e. The van der Waals surface area contributed by atoms with Gasteiger partial charge in [-0.15, -0.1) is 35.5 Å². The molecule has 0 saturated carbocycles. The van der Waals surface area contributed by atoms with E-state index in [0.29, 0.717) is 22.1 Å². The van der Waals surface area contributed by atoms with Crippen LogP contribution >= 0.6 is 0 Å². The zero-order chi connectivity index (χ0) is 39.1. The zero-order valence-corrected chi connectivity index (χ0v) is 30.5. The Bertz CT molecular complexity index is 2360. The summed E-state index contributed by atoms with van der Waals surface area (Å²) >= 11 is 0. The summed E-state index contributed by atoms with van der Waals surface area (Å²) in [5.74, 6) is -1.70. The Kier molecular flexibility index (Phi) is 18.5. The van der Waals surface area contributed by atoms with Crippen LogP contribution in [0.5, 0.6) is 17.2 Å². The number of nitrogens with one attached hydrogen (secondary N) is 3. The van der Waals surface area contributed by atoms with Gasteiger partial charge in [-0.25, -0.2) is 17.4 Å². The van der Waals surface area contributed by atoms with E-state index in [1.54, 1.807) is 42.5 Å². The summed E-state index contributed by atoms with van der Waals surface area (Å²) in [6, 6.07) is 18.2. The standard InChI is InChI=1S/C27H27N5O10S2.Cu.2O3S/c33-23-10-3-5-18-17(23)11-12-20(29-19-6-1-2-9-24(19)34)25(18)32-31-22-8-4-7-21(26(22)35)30-27(36)28-13-15-43(37,38)16-14-42-44(39,40)41;;2*1-4(2)3/h1-12,29,33-35H,13-16H2,(H2,28,30,36)(H,39,40,41);;;. The molecule has 0 atom stereocenters. The molecular weight excluding hydrogens is 842 g/mol. The fraction of sp³-hybridized carbons (Fsp3) is 0.148. The number of amides is 2. The number of carbonyl (C=O) groups excluding carboxylic acids is 1. The van der Waals surface area contributed by atoms with Gasteiger partial charge in [0, 0.05) is 34.4 Å². The second-order valence-corrected chi connectivity index (χ2v) is 13.8. The molecule has 0 heterocycles. The van der Waals surface area contributed by atoms with Gasteiger partial charge in [0.1, 0.15) is 22.9 Å². The molecule has 4 aromatic carbocycles. The molecule has 0 aliphatic rings. The fourth-order valence-corrected chi connectivity index (χ4v) is 5.28. The third kappa shape index (κ3) is 16.8. The van der Waals surface area contributed by atoms with Crippen molar-refractivity contribution in [3.8, 4) is 17.2 Å². The van der Waals surface area contributed by atoms with E-state index in [1.807, 2.05) is 0 Å². The number of hydrogen-bond acceptors (Lipinski definition) is 18. The Balaban J connectivity index is 0.00000142. The monoisotopic (exact) mass is 868 g/mol. The second kappa shape index (κ2) is 21.3. The predicted molar refractivity (Wildman–Crippen MR) is 182 cm³/mol. The van der Waals surface area contributed by atoms with Gasteiger partial charge in [0.2, 0.25) is 0 Å². The van der Waals surface area contributed by atoms with Crippen molar-refractivity contribution in [2.24, 2.45) is 10.2 Å². The minimum atomic E-state index is -4.78. The SMILES string of the molecule is O=C(NCCS(=O)(=O)CCOS(=O)(=O)O)Nc1cccc(N=Nc2c(Nc3ccccc3O)ccc3c(O)cccc23)c1O.O=S(=O)=O.O=S(=O)=O.[Cu]. The molecule has 291 valence electrons. The van der Waals surface area contributed by atoms with E-state index in [4.69, 9.17) is 29.8 Å². The van der Waals surface area contributed by atoms with Gasteiger partial charge < -0.3 is 31.3 Å². The number of phenolic OH excluding ortho intramolecular Hbond substituents is 3. The third-order valence-electron chi connectivity index (χ3n) is 6.03. The molecule has 0 unspecified atom stereocenters. The van der Waals surface area contributed by atoms with E-state index in [-0.39, 0.29) is 52.2 Å². The molecule has 7 N–H and O–H groups in total. The molecule has 26 heteroatoms. The Labute approximate surface area is 314 Å². The van der Waals surface area contributed by atoms with Crippen molar-refractivity contribution in [3.05, 3.63) is 72.8 Å². The van der Waals surface area contributed by atoms with Crippen LogP contribution in [0.15, 0.2) is 83.0 Å². The van der Waals surface area contributed by atoms with Gasteiger partial charge in [0.25, 0.3) is 0 Å². The minimum absolute atomic E-state index is 0. The summed E-state index contributed by atoms with van der Waals surface area (Å²) in [6.45, 7) is -1.13. The van der Waals surface area contributed by atoms with Crippen LogP contribution in [0.25, 0.3) is 10.8 Å². The number of anilines is 3. The number of aromatic hydroxyl groups is 3. The van der Waals surface area contributed by atoms with Crippen molar-refractivity contribution >= 4 is 86.7 Å². The van der Waals surface area contributed by atoms with Gasteiger partial charge in [-0.05, 0) is 42.5 Å². The number of fused-ring (bicyclic) bond motifs is 1. The average Bonchev–Trinajstić information content (AvgIpc) is 3.02. The number of carbonyl (C=O) groups is 1. The van der Waals surface area contributed by atoms with Crippen LogP contribution in [0, 0.1) is 0 Å². The third-order valence-corrected chi connectivity index (χ3v) is 8.11. The number of hydrogen-bond donors (Lipinski definition) is 7. The van der Waals surface area contributed by atoms with Crippen LogP contribution in [0.2, 0.25) is 0 Å². The summed E-state index contributed by atoms with van der Waals surface area (Å²) in [6.07, 6.45) is 0. The summed E-state index contributed by atoms with van der Waals surface area (Å²) in [5.41, 5.74) is 1.01. The molecule has 0 fully saturated rings. The molecule has 0 aliphatic carbocycles. The maximum absolute atomic E-state index is 12.3. The molecule has 2 amide bonds. The molecule has 0 aromatic heterocycles. The van der Waals surface area contributed by atoms with E-state index in [9.17, 15) is 36.9 Å². The van der Waals surface area contributed by atoms with Crippen LogP contribution in [0.1, 0.15) is 0 Å². The Morgan fingerprint density at radius 2 is 1.28 bits per heavy atom. The van der Waals surface area contributed by atoms with E-state index in [2.05, 4.69) is 30.4 Å². The van der Waals surface area contributed by atoms with Gasteiger partial charge in [-0.2, -0.15) is 8.42 Å². The zero-order valence-electron chi connectivity index (χ0n) is 26.3. The van der Waals surface area contributed by atoms with Crippen LogP contribution in [-0.4, -0.2) is 92.6 Å². The van der Waals surface area contributed by atoms with Crippen molar-refractivity contribution in [1.82, 2.24) is 5.32 Å². The van der Waals surface area contributed by atoms with Crippen LogP contribution in [0.3, 0.4) is 0 Å². The van der Waals surface area contributed by atoms with E-state index >= 15 is 0 Å². The average molecular weight is 869 g/mol. The second-order valence-electron chi connectivity index (χ2n) is 9.54. The van der Waals surface area contributed by atoms with Crippen LogP contribution in [-0.2, 0) is 62.7 Å². The van der Waals surface area contributed by atoms with Gasteiger partial charge in [-0.3, -0.25) is 4.55 Å². The first-order chi connectivity index (χ1) is 24.3. The first-order valence-electron chi connectivity index (χ1n) is 13.7. The normalized spacial score (nSPS) is 10.8. The number of rotatable bonds is 12. The fourth-order valence-electron chi connectivity index (χ4n) is 3.93. The maximum atomic E-state index is 12.3. The van der Waals surface area contributed by atoms with E-state index in [1.165, 1.54) is 30.3 Å². The molecule has 0 bridgehead atoms. The van der Waals surface area contributed by atoms with Gasteiger partial charge >= 0.3 is 37.6 Å². The smallest absolute Gasteiger partial charge is 0.425 e. The Hall–Kier alpha value is -5.21. The number of azo groups is 1. The van der Waals surface area contributed by atoms with Crippen LogP contribution in [0.4, 0.5) is 33.2 Å². The summed E-state index contributed by atoms with van der Waals surface area (Å²) in [4.78, 5) is 12.3. The first-order valence-corrected chi connectivity index (χ1v) is 18.9. The van der Waals surface area contributed by atoms with Crippen molar-refractivity contribution < 1.29 is 88.0 Å². The molecule has 4 aromatic rings. The van der Waals surface area contributed by atoms with Crippen molar-refractivity contribution in [1.29, 1.82) is 0 Å². The van der Waals surface area contributed by atoms with Crippen molar-refractivity contribution in [3.63, 3.8) is 0 Å². The largest absolute Gasteiger partial charge is 0.507 e. The van der Waals surface area contributed by atoms with Gasteiger partial charge in [-0.1, -0.05) is 30.3 Å². The Morgan fingerprint density at radius 3 is 1.91 bits per heavy atom. The Morgan fingerprint density at radius 1 is 0.698 bits per heavy atom. The topological polar surface area (TPSA) is 339 Å². The number of nitrogens with zero attached hydrogens (tertiary/aromatic N) is 2. The predicted octanol–water partition coefficient (Wildman–Crippen LogP) is 2.46. The van der Waals surface area contributed by atoms with Crippen molar-refractivity contribution in [2.45, 2.75) is 0 Å². The number of para-hydroxylation sites is 3. The molecule has 0 saturated heterocycles. The summed E-state index contributed by atoms with van der Waals surface area (Å²) < 4.78 is 108. The number of sulfone groups is 1. The van der Waals surface area contributed by atoms with Gasteiger partial charge in [0.15, 0.2) is 15.6 Å². The number of benzene rings is 4. The molecule has 53 heavy (non-hydrogen) atoms. The number of phenols is 3. The molecule has 4 rings (SSSR count). The van der Waals surface area contributed by atoms with Gasteiger partial charge in [0.05, 0.1) is 35.2 Å². The summed E-state index contributed by atoms with van der Waals surface area (Å²) in [5, 5.41) is 48.6. The molecule has 1 radical (unpaired) electrons. The van der Waals surface area contributed by atoms with E-state index < -0.39 is 71.3 Å². The maximum Gasteiger partial charge on any atom is 0.425 e. The van der Waals surface area contributed by atoms with Crippen LogP contribution < -0.4 is 16.0 Å². The molecule has 0 spiro atoms. The number of urea groups is 1. The molecular formula is C27H27CuN5O16S4. The van der Waals surface area contributed by atoms with Crippen molar-refractivity contribution in [2.75, 3.05) is 35.3 Å². The van der Waals surface area contributed by atoms with E-state index in [0.717, 1.165) is 0 Å². The molecule has 0 aliphatic heterocycles. The summed E-state index contributed by atoms with van der Waals surface area (Å²) in [7, 11) is -14.8. The quantitative estimate of drug-likeness (QED) is 0.0465. The first kappa shape index (κ1) is 45.8. The molecule has 21 nitrogen and oxygen atoms in total.